The number of hydrogen-bond acceptors (Lipinski definition) is 4. The molecule has 2 aromatic rings. The summed E-state index contributed by atoms with van der Waals surface area (Å²) in [6, 6.07) is 11.1. The molecule has 2 rings (SSSR count). The second-order valence-electron chi connectivity index (χ2n) is 7.09. The molecular weight excluding hydrogens is 374 g/mol. The lowest BCUT2D eigenvalue weighted by molar-refractivity contribution is 0.0734. The number of rotatable bonds is 4. The number of sulfonamides is 1. The number of carbonyl (C=O) groups is 1. The third-order valence-electron chi connectivity index (χ3n) is 3.87. The highest BCUT2D eigenvalue weighted by Crippen LogP contribution is 2.26. The molecule has 0 radical (unpaired) electrons. The zero-order valence-corrected chi connectivity index (χ0v) is 17.0. The number of hydrogen-bond donors (Lipinski definition) is 0. The van der Waals surface area contributed by atoms with Crippen LogP contribution in [0.4, 0.5) is 0 Å². The average molecular weight is 396 g/mol. The van der Waals surface area contributed by atoms with E-state index in [0.29, 0.717) is 5.75 Å². The van der Waals surface area contributed by atoms with Gasteiger partial charge in [0.15, 0.2) is 0 Å². The molecule has 0 aromatic heterocycles. The largest absolute Gasteiger partial charge is 0.423 e. The van der Waals surface area contributed by atoms with Crippen LogP contribution in [0.2, 0.25) is 5.02 Å². The minimum absolute atomic E-state index is 0.00510. The van der Waals surface area contributed by atoms with Crippen LogP contribution >= 0.6 is 11.6 Å². The molecule has 0 aliphatic heterocycles. The van der Waals surface area contributed by atoms with E-state index in [9.17, 15) is 13.2 Å². The molecule has 2 aromatic carbocycles. The fourth-order valence-electron chi connectivity index (χ4n) is 2.22. The van der Waals surface area contributed by atoms with Crippen molar-refractivity contribution in [1.82, 2.24) is 4.31 Å². The van der Waals surface area contributed by atoms with E-state index in [0.717, 1.165) is 9.87 Å². The van der Waals surface area contributed by atoms with Crippen LogP contribution in [-0.2, 0) is 15.4 Å². The summed E-state index contributed by atoms with van der Waals surface area (Å²) in [7, 11) is -0.847. The third-order valence-corrected chi connectivity index (χ3v) is 6.01. The Labute approximate surface area is 159 Å². The van der Waals surface area contributed by atoms with E-state index in [-0.39, 0.29) is 20.9 Å². The average Bonchev–Trinajstić information content (AvgIpc) is 2.54. The predicted octanol–water partition coefficient (Wildman–Crippen LogP) is 4.11. The molecule has 5 nitrogen and oxygen atoms in total. The first kappa shape index (κ1) is 20.4. The Hall–Kier alpha value is -1.89. The highest BCUT2D eigenvalue weighted by atomic mass is 35.5. The van der Waals surface area contributed by atoms with Crippen LogP contribution in [0.25, 0.3) is 0 Å². The lowest BCUT2D eigenvalue weighted by atomic mass is 9.87. The van der Waals surface area contributed by atoms with Gasteiger partial charge in [-0.2, -0.15) is 0 Å². The van der Waals surface area contributed by atoms with Crippen LogP contribution in [-0.4, -0.2) is 32.8 Å². The topological polar surface area (TPSA) is 63.7 Å². The molecule has 0 atom stereocenters. The van der Waals surface area contributed by atoms with Crippen LogP contribution < -0.4 is 4.74 Å². The molecule has 0 aliphatic carbocycles. The molecule has 0 heterocycles. The van der Waals surface area contributed by atoms with Crippen molar-refractivity contribution in [2.45, 2.75) is 31.1 Å². The van der Waals surface area contributed by atoms with Crippen LogP contribution in [0.15, 0.2) is 47.4 Å². The van der Waals surface area contributed by atoms with Gasteiger partial charge in [0.2, 0.25) is 10.0 Å². The van der Waals surface area contributed by atoms with Gasteiger partial charge in [-0.15, -0.1) is 0 Å². The molecule has 0 N–H and O–H groups in total. The van der Waals surface area contributed by atoms with Gasteiger partial charge < -0.3 is 4.74 Å². The van der Waals surface area contributed by atoms with E-state index in [1.165, 1.54) is 32.3 Å². The van der Waals surface area contributed by atoms with Crippen molar-refractivity contribution in [3.05, 3.63) is 58.6 Å². The Morgan fingerprint density at radius 1 is 1.04 bits per heavy atom. The Balaban J connectivity index is 2.30. The first-order chi connectivity index (χ1) is 11.9. The van der Waals surface area contributed by atoms with Gasteiger partial charge in [0.1, 0.15) is 5.75 Å². The zero-order chi connectivity index (χ0) is 19.7. The lowest BCUT2D eigenvalue weighted by Crippen LogP contribution is -2.22. The Bertz CT molecular complexity index is 914. The molecule has 0 spiro atoms. The zero-order valence-electron chi connectivity index (χ0n) is 15.4. The first-order valence-electron chi connectivity index (χ1n) is 7.98. The quantitative estimate of drug-likeness (QED) is 0.577. The van der Waals surface area contributed by atoms with E-state index in [1.807, 2.05) is 12.1 Å². The van der Waals surface area contributed by atoms with Crippen LogP contribution in [0.1, 0.15) is 36.7 Å². The van der Waals surface area contributed by atoms with Gasteiger partial charge >= 0.3 is 5.97 Å². The summed E-state index contributed by atoms with van der Waals surface area (Å²) in [6.45, 7) is 6.26. The standard InChI is InChI=1S/C19H22ClNO4S/c1-19(2,3)13-6-8-14(9-7-13)25-18(22)16-12-15(10-11-17(16)20)26(23,24)21(4)5/h6-12H,1-5H3. The minimum Gasteiger partial charge on any atom is -0.423 e. The second-order valence-corrected chi connectivity index (χ2v) is 9.65. The fourth-order valence-corrected chi connectivity index (χ4v) is 3.34. The van der Waals surface area contributed by atoms with Crippen molar-refractivity contribution in [2.75, 3.05) is 14.1 Å². The Morgan fingerprint density at radius 3 is 2.12 bits per heavy atom. The fraction of sp³-hybridized carbons (Fsp3) is 0.316. The molecule has 0 aliphatic rings. The predicted molar refractivity (Wildman–Crippen MR) is 102 cm³/mol. The lowest BCUT2D eigenvalue weighted by Gasteiger charge is -2.19. The van der Waals surface area contributed by atoms with E-state index in [4.69, 9.17) is 16.3 Å². The smallest absolute Gasteiger partial charge is 0.345 e. The number of carbonyl (C=O) groups excluding carboxylic acids is 1. The van der Waals surface area contributed by atoms with E-state index in [1.54, 1.807) is 12.1 Å². The molecule has 26 heavy (non-hydrogen) atoms. The van der Waals surface area contributed by atoms with Gasteiger partial charge in [-0.1, -0.05) is 44.5 Å². The van der Waals surface area contributed by atoms with Crippen molar-refractivity contribution in [3.63, 3.8) is 0 Å². The maximum absolute atomic E-state index is 12.5. The summed E-state index contributed by atoms with van der Waals surface area (Å²) < 4.78 is 30.9. The van der Waals surface area contributed by atoms with Crippen molar-refractivity contribution in [3.8, 4) is 5.75 Å². The van der Waals surface area contributed by atoms with Gasteiger partial charge in [-0.05, 0) is 41.3 Å². The molecule has 0 bridgehead atoms. The monoisotopic (exact) mass is 395 g/mol. The molecular formula is C19H22ClNO4S. The highest BCUT2D eigenvalue weighted by molar-refractivity contribution is 7.89. The molecule has 0 saturated heterocycles. The van der Waals surface area contributed by atoms with Gasteiger partial charge in [0.25, 0.3) is 0 Å². The summed E-state index contributed by atoms with van der Waals surface area (Å²) >= 11 is 6.06. The van der Waals surface area contributed by atoms with Gasteiger partial charge in [0.05, 0.1) is 15.5 Å². The van der Waals surface area contributed by atoms with E-state index >= 15 is 0 Å². The van der Waals surface area contributed by atoms with E-state index in [2.05, 4.69) is 20.8 Å². The Morgan fingerprint density at radius 2 is 1.62 bits per heavy atom. The van der Waals surface area contributed by atoms with Gasteiger partial charge in [-0.25, -0.2) is 17.5 Å². The number of nitrogens with zero attached hydrogens (tertiary/aromatic N) is 1. The number of esters is 1. The Kier molecular flexibility index (Phi) is 5.80. The van der Waals surface area contributed by atoms with Crippen molar-refractivity contribution < 1.29 is 17.9 Å². The molecule has 0 unspecified atom stereocenters. The second kappa shape index (κ2) is 7.39. The molecule has 7 heteroatoms. The van der Waals surface area contributed by atoms with Crippen molar-refractivity contribution >= 4 is 27.6 Å². The van der Waals surface area contributed by atoms with Crippen LogP contribution in [0, 0.1) is 0 Å². The van der Waals surface area contributed by atoms with E-state index < -0.39 is 16.0 Å². The maximum atomic E-state index is 12.5. The van der Waals surface area contributed by atoms with Crippen LogP contribution in [0.5, 0.6) is 5.75 Å². The molecule has 0 amide bonds. The van der Waals surface area contributed by atoms with Crippen molar-refractivity contribution in [1.29, 1.82) is 0 Å². The van der Waals surface area contributed by atoms with Crippen molar-refractivity contribution in [2.24, 2.45) is 0 Å². The van der Waals surface area contributed by atoms with Crippen LogP contribution in [0.3, 0.4) is 0 Å². The highest BCUT2D eigenvalue weighted by Gasteiger charge is 2.22. The summed E-state index contributed by atoms with van der Waals surface area (Å²) in [5, 5.41) is 0.124. The summed E-state index contributed by atoms with van der Waals surface area (Å²) in [6.07, 6.45) is 0. The number of ether oxygens (including phenoxy) is 1. The molecule has 140 valence electrons. The number of halogens is 1. The van der Waals surface area contributed by atoms with Gasteiger partial charge in [0, 0.05) is 14.1 Å². The number of benzene rings is 2. The summed E-state index contributed by atoms with van der Waals surface area (Å²) in [5.41, 5.74) is 1.09. The summed E-state index contributed by atoms with van der Waals surface area (Å²) in [5.74, 6) is -0.353. The molecule has 0 saturated carbocycles. The SMILES string of the molecule is CN(C)S(=O)(=O)c1ccc(Cl)c(C(=O)Oc2ccc(C(C)(C)C)cc2)c1. The minimum atomic E-state index is -3.68. The molecule has 0 fully saturated rings. The first-order valence-corrected chi connectivity index (χ1v) is 9.79. The maximum Gasteiger partial charge on any atom is 0.345 e. The third kappa shape index (κ3) is 4.44. The van der Waals surface area contributed by atoms with Gasteiger partial charge in [-0.3, -0.25) is 0 Å². The normalized spacial score (nSPS) is 12.3. The summed E-state index contributed by atoms with van der Waals surface area (Å²) in [4.78, 5) is 12.4.